The molecule has 0 fully saturated rings. The Balaban J connectivity index is 2.47. The van der Waals surface area contributed by atoms with Gasteiger partial charge in [0.1, 0.15) is 0 Å². The lowest BCUT2D eigenvalue weighted by Gasteiger charge is -2.09. The molecule has 0 spiro atoms. The van der Waals surface area contributed by atoms with Gasteiger partial charge in [-0.25, -0.2) is 13.1 Å². The third-order valence-corrected chi connectivity index (χ3v) is 4.24. The average molecular weight is 299 g/mol. The number of sulfonamides is 1. The van der Waals surface area contributed by atoms with Gasteiger partial charge in [0.15, 0.2) is 0 Å². The molecule has 5 nitrogen and oxygen atoms in total. The summed E-state index contributed by atoms with van der Waals surface area (Å²) in [5, 5.41) is 6.54. The van der Waals surface area contributed by atoms with E-state index in [-0.39, 0.29) is 0 Å². The van der Waals surface area contributed by atoms with Crippen molar-refractivity contribution in [2.45, 2.75) is 31.6 Å². The molecule has 0 saturated heterocycles. The largest absolute Gasteiger partial charge is 0.384 e. The second kappa shape index (κ2) is 8.94. The molecular weight excluding hydrogens is 274 g/mol. The van der Waals surface area contributed by atoms with Gasteiger partial charge in [0.25, 0.3) is 0 Å². The minimum Gasteiger partial charge on any atom is -0.384 e. The highest BCUT2D eigenvalue weighted by Gasteiger charge is 2.12. The summed E-state index contributed by atoms with van der Waals surface area (Å²) in [5.74, 6) is 0. The first-order chi connectivity index (χ1) is 9.60. The van der Waals surface area contributed by atoms with Crippen molar-refractivity contribution in [3.8, 4) is 0 Å². The van der Waals surface area contributed by atoms with Gasteiger partial charge in [0.2, 0.25) is 10.0 Å². The first kappa shape index (κ1) is 16.9. The molecule has 20 heavy (non-hydrogen) atoms. The summed E-state index contributed by atoms with van der Waals surface area (Å²) < 4.78 is 26.3. The van der Waals surface area contributed by atoms with E-state index in [2.05, 4.69) is 22.3 Å². The van der Waals surface area contributed by atoms with Gasteiger partial charge in [-0.05, 0) is 43.7 Å². The lowest BCUT2D eigenvalue weighted by Crippen LogP contribution is -2.24. The van der Waals surface area contributed by atoms with Gasteiger partial charge >= 0.3 is 0 Å². The van der Waals surface area contributed by atoms with Crippen LogP contribution in [-0.2, 0) is 10.0 Å². The normalized spacial score (nSPS) is 11.5. The zero-order valence-electron chi connectivity index (χ0n) is 12.3. The molecule has 0 saturated carbocycles. The van der Waals surface area contributed by atoms with Crippen LogP contribution < -0.4 is 15.4 Å². The van der Waals surface area contributed by atoms with Gasteiger partial charge in [-0.3, -0.25) is 0 Å². The third kappa shape index (κ3) is 5.90. The molecule has 1 rings (SSSR count). The summed E-state index contributed by atoms with van der Waals surface area (Å²) in [6.07, 6.45) is 1.90. The summed E-state index contributed by atoms with van der Waals surface area (Å²) in [4.78, 5) is 0.306. The van der Waals surface area contributed by atoms with Gasteiger partial charge in [-0.1, -0.05) is 13.8 Å². The maximum absolute atomic E-state index is 11.9. The van der Waals surface area contributed by atoms with Crippen molar-refractivity contribution in [1.29, 1.82) is 0 Å². The van der Waals surface area contributed by atoms with Crippen LogP contribution in [0.3, 0.4) is 0 Å². The second-order valence-corrected chi connectivity index (χ2v) is 6.37. The molecule has 3 N–H and O–H groups in total. The van der Waals surface area contributed by atoms with E-state index in [1.54, 1.807) is 24.3 Å². The fourth-order valence-electron chi connectivity index (χ4n) is 1.67. The van der Waals surface area contributed by atoms with Gasteiger partial charge in [-0.2, -0.15) is 0 Å². The lowest BCUT2D eigenvalue weighted by molar-refractivity contribution is 0.581. The molecule has 0 aromatic heterocycles. The number of rotatable bonds is 10. The molecule has 0 amide bonds. The fraction of sp³-hybridized carbons (Fsp3) is 0.571. The Bertz CT molecular complexity index is 472. The second-order valence-electron chi connectivity index (χ2n) is 4.60. The molecule has 0 aliphatic carbocycles. The molecule has 6 heteroatoms. The van der Waals surface area contributed by atoms with E-state index in [4.69, 9.17) is 0 Å². The Morgan fingerprint density at radius 1 is 0.900 bits per heavy atom. The zero-order valence-corrected chi connectivity index (χ0v) is 13.1. The summed E-state index contributed by atoms with van der Waals surface area (Å²) in [6.45, 7) is 7.26. The predicted molar refractivity (Wildman–Crippen MR) is 83.6 cm³/mol. The van der Waals surface area contributed by atoms with Crippen molar-refractivity contribution >= 4 is 15.7 Å². The maximum atomic E-state index is 11.9. The van der Waals surface area contributed by atoms with E-state index < -0.39 is 10.0 Å². The van der Waals surface area contributed by atoms with Crippen molar-refractivity contribution < 1.29 is 8.42 Å². The highest BCUT2D eigenvalue weighted by atomic mass is 32.2. The average Bonchev–Trinajstić information content (AvgIpc) is 2.45. The van der Waals surface area contributed by atoms with Crippen LogP contribution in [0.4, 0.5) is 5.69 Å². The molecule has 1 aromatic rings. The van der Waals surface area contributed by atoms with E-state index in [0.717, 1.165) is 38.2 Å². The van der Waals surface area contributed by atoms with Crippen LogP contribution in [0.1, 0.15) is 26.7 Å². The van der Waals surface area contributed by atoms with E-state index in [1.807, 2.05) is 6.92 Å². The quantitative estimate of drug-likeness (QED) is 0.576. The standard InChI is InChI=1S/C14H25N3O2S/c1-3-9-15-11-12-16-13-5-7-14(8-6-13)20(18,19)17-10-4-2/h5-8,15-17H,3-4,9-12H2,1-2H3. The topological polar surface area (TPSA) is 70.2 Å². The van der Waals surface area contributed by atoms with Gasteiger partial charge in [0.05, 0.1) is 4.90 Å². The molecule has 0 heterocycles. The predicted octanol–water partition coefficient (Wildman–Crippen LogP) is 1.79. The molecule has 0 aliphatic heterocycles. The monoisotopic (exact) mass is 299 g/mol. The van der Waals surface area contributed by atoms with E-state index >= 15 is 0 Å². The Hall–Kier alpha value is -1.11. The minimum absolute atomic E-state index is 0.306. The fourth-order valence-corrected chi connectivity index (χ4v) is 2.80. The van der Waals surface area contributed by atoms with Crippen molar-refractivity contribution in [3.63, 3.8) is 0 Å². The van der Waals surface area contributed by atoms with Gasteiger partial charge < -0.3 is 10.6 Å². The molecule has 0 atom stereocenters. The highest BCUT2D eigenvalue weighted by molar-refractivity contribution is 7.89. The Morgan fingerprint density at radius 2 is 1.55 bits per heavy atom. The number of hydrogen-bond donors (Lipinski definition) is 3. The SMILES string of the molecule is CCCNCCNc1ccc(S(=O)(=O)NCCC)cc1. The zero-order chi connectivity index (χ0) is 14.8. The van der Waals surface area contributed by atoms with Crippen LogP contribution in [0.5, 0.6) is 0 Å². The van der Waals surface area contributed by atoms with Crippen LogP contribution in [0.25, 0.3) is 0 Å². The van der Waals surface area contributed by atoms with Crippen LogP contribution in [-0.4, -0.2) is 34.6 Å². The highest BCUT2D eigenvalue weighted by Crippen LogP contribution is 2.13. The minimum atomic E-state index is -3.36. The van der Waals surface area contributed by atoms with Crippen molar-refractivity contribution in [2.75, 3.05) is 31.5 Å². The Kier molecular flexibility index (Phi) is 7.58. The summed E-state index contributed by atoms with van der Waals surface area (Å²) >= 11 is 0. The Morgan fingerprint density at radius 3 is 2.15 bits per heavy atom. The van der Waals surface area contributed by atoms with Crippen LogP contribution >= 0.6 is 0 Å². The number of benzene rings is 1. The molecule has 1 aromatic carbocycles. The molecule has 0 aliphatic rings. The molecule has 114 valence electrons. The van der Waals surface area contributed by atoms with Crippen LogP contribution in [0.2, 0.25) is 0 Å². The van der Waals surface area contributed by atoms with Crippen molar-refractivity contribution in [3.05, 3.63) is 24.3 Å². The Labute approximate surface area is 122 Å². The van der Waals surface area contributed by atoms with E-state index in [9.17, 15) is 8.42 Å². The molecule has 0 unspecified atom stereocenters. The smallest absolute Gasteiger partial charge is 0.240 e. The number of hydrogen-bond acceptors (Lipinski definition) is 4. The molecular formula is C14H25N3O2S. The van der Waals surface area contributed by atoms with Crippen molar-refractivity contribution in [2.24, 2.45) is 0 Å². The van der Waals surface area contributed by atoms with Gasteiger partial charge in [0, 0.05) is 25.3 Å². The van der Waals surface area contributed by atoms with E-state index in [1.165, 1.54) is 0 Å². The lowest BCUT2D eigenvalue weighted by atomic mass is 10.3. The summed E-state index contributed by atoms with van der Waals surface area (Å²) in [7, 11) is -3.36. The molecule has 0 radical (unpaired) electrons. The molecule has 0 bridgehead atoms. The van der Waals surface area contributed by atoms with Crippen molar-refractivity contribution in [1.82, 2.24) is 10.0 Å². The van der Waals surface area contributed by atoms with Gasteiger partial charge in [-0.15, -0.1) is 0 Å². The number of nitrogens with one attached hydrogen (secondary N) is 3. The third-order valence-electron chi connectivity index (χ3n) is 2.76. The number of anilines is 1. The first-order valence-corrected chi connectivity index (χ1v) is 8.62. The maximum Gasteiger partial charge on any atom is 0.240 e. The van der Waals surface area contributed by atoms with E-state index in [0.29, 0.717) is 11.4 Å². The summed E-state index contributed by atoms with van der Waals surface area (Å²) in [6, 6.07) is 6.83. The first-order valence-electron chi connectivity index (χ1n) is 7.14. The summed E-state index contributed by atoms with van der Waals surface area (Å²) in [5.41, 5.74) is 0.928. The van der Waals surface area contributed by atoms with Crippen LogP contribution in [0.15, 0.2) is 29.2 Å². The van der Waals surface area contributed by atoms with Crippen LogP contribution in [0, 0.1) is 0 Å².